The summed E-state index contributed by atoms with van der Waals surface area (Å²) >= 11 is 0. The first-order valence-corrected chi connectivity index (χ1v) is 7.60. The Morgan fingerprint density at radius 1 is 1.10 bits per heavy atom. The molecule has 0 amide bonds. The summed E-state index contributed by atoms with van der Waals surface area (Å²) < 4.78 is 10.8. The molecular formula is C17H25NO2. The van der Waals surface area contributed by atoms with Crippen LogP contribution in [0.4, 0.5) is 0 Å². The maximum atomic E-state index is 5.47. The van der Waals surface area contributed by atoms with Gasteiger partial charge in [0.1, 0.15) is 0 Å². The van der Waals surface area contributed by atoms with E-state index in [4.69, 9.17) is 9.47 Å². The fourth-order valence-corrected chi connectivity index (χ4v) is 3.88. The molecule has 2 aliphatic carbocycles. The van der Waals surface area contributed by atoms with Crippen LogP contribution < -0.4 is 14.8 Å². The zero-order valence-electron chi connectivity index (χ0n) is 12.8. The van der Waals surface area contributed by atoms with E-state index < -0.39 is 0 Å². The average Bonchev–Trinajstić information content (AvgIpc) is 3.23. The Kier molecular flexibility index (Phi) is 3.41. The first-order chi connectivity index (χ1) is 9.67. The highest BCUT2D eigenvalue weighted by Gasteiger charge is 2.60. The van der Waals surface area contributed by atoms with E-state index in [1.54, 1.807) is 14.2 Å². The molecule has 0 atom stereocenters. The maximum Gasteiger partial charge on any atom is 0.161 e. The van der Waals surface area contributed by atoms with Crippen molar-refractivity contribution >= 4 is 0 Å². The lowest BCUT2D eigenvalue weighted by Crippen LogP contribution is -2.49. The number of benzene rings is 1. The highest BCUT2D eigenvalue weighted by molar-refractivity contribution is 5.47. The highest BCUT2D eigenvalue weighted by Crippen LogP contribution is 2.68. The standard InChI is InChI=1S/C17H25NO2/c1-4-18-12-17(10-16(11-17)7-8-16)13-5-6-14(19-2)15(9-13)20-3/h5-6,9,18H,4,7-8,10-12H2,1-3H3. The van der Waals surface area contributed by atoms with Crippen molar-refractivity contribution in [3.63, 3.8) is 0 Å². The van der Waals surface area contributed by atoms with Crippen molar-refractivity contribution in [2.45, 2.75) is 38.0 Å². The zero-order chi connectivity index (χ0) is 14.2. The van der Waals surface area contributed by atoms with Crippen LogP contribution in [0.1, 0.15) is 38.2 Å². The van der Waals surface area contributed by atoms with Gasteiger partial charge in [0.25, 0.3) is 0 Å². The van der Waals surface area contributed by atoms with Crippen LogP contribution in [-0.4, -0.2) is 27.3 Å². The molecule has 2 saturated carbocycles. The first kappa shape index (κ1) is 13.7. The van der Waals surface area contributed by atoms with E-state index in [1.165, 1.54) is 31.2 Å². The molecule has 3 heteroatoms. The van der Waals surface area contributed by atoms with Gasteiger partial charge >= 0.3 is 0 Å². The largest absolute Gasteiger partial charge is 0.493 e. The van der Waals surface area contributed by atoms with Gasteiger partial charge in [0.15, 0.2) is 11.5 Å². The third-order valence-corrected chi connectivity index (χ3v) is 5.09. The predicted molar refractivity (Wildman–Crippen MR) is 80.7 cm³/mol. The minimum atomic E-state index is 0.298. The Morgan fingerprint density at radius 3 is 2.35 bits per heavy atom. The molecule has 0 heterocycles. The van der Waals surface area contributed by atoms with Gasteiger partial charge in [-0.2, -0.15) is 0 Å². The van der Waals surface area contributed by atoms with E-state index >= 15 is 0 Å². The molecule has 110 valence electrons. The number of nitrogens with one attached hydrogen (secondary N) is 1. The maximum absolute atomic E-state index is 5.47. The summed E-state index contributed by atoms with van der Waals surface area (Å²) in [6.45, 7) is 4.27. The van der Waals surface area contributed by atoms with Crippen molar-refractivity contribution in [3.8, 4) is 11.5 Å². The number of hydrogen-bond donors (Lipinski definition) is 1. The lowest BCUT2D eigenvalue weighted by Gasteiger charge is -2.49. The van der Waals surface area contributed by atoms with E-state index in [9.17, 15) is 0 Å². The number of likely N-dealkylation sites (N-methyl/N-ethyl adjacent to an activating group) is 1. The minimum absolute atomic E-state index is 0.298. The van der Waals surface area contributed by atoms with Gasteiger partial charge in [-0.3, -0.25) is 0 Å². The van der Waals surface area contributed by atoms with E-state index in [0.717, 1.165) is 24.6 Å². The third-order valence-electron chi connectivity index (χ3n) is 5.09. The molecule has 1 N–H and O–H groups in total. The molecule has 1 aromatic rings. The molecular weight excluding hydrogens is 250 g/mol. The summed E-state index contributed by atoms with van der Waals surface area (Å²) in [4.78, 5) is 0. The van der Waals surface area contributed by atoms with Crippen LogP contribution >= 0.6 is 0 Å². The molecule has 1 spiro atoms. The molecule has 0 aliphatic heterocycles. The first-order valence-electron chi connectivity index (χ1n) is 7.60. The predicted octanol–water partition coefficient (Wildman–Crippen LogP) is 3.13. The summed E-state index contributed by atoms with van der Waals surface area (Å²) in [5, 5.41) is 3.55. The number of hydrogen-bond acceptors (Lipinski definition) is 3. The van der Waals surface area contributed by atoms with Crippen molar-refractivity contribution < 1.29 is 9.47 Å². The number of ether oxygens (including phenoxy) is 2. The third kappa shape index (κ3) is 2.18. The minimum Gasteiger partial charge on any atom is -0.493 e. The molecule has 1 aromatic carbocycles. The second-order valence-corrected chi connectivity index (χ2v) is 6.48. The molecule has 0 bridgehead atoms. The van der Waals surface area contributed by atoms with Gasteiger partial charge in [-0.15, -0.1) is 0 Å². The van der Waals surface area contributed by atoms with Crippen LogP contribution in [0, 0.1) is 5.41 Å². The van der Waals surface area contributed by atoms with Gasteiger partial charge in [-0.05, 0) is 55.3 Å². The fraction of sp³-hybridized carbons (Fsp3) is 0.647. The van der Waals surface area contributed by atoms with Crippen molar-refractivity contribution in [2.75, 3.05) is 27.3 Å². The quantitative estimate of drug-likeness (QED) is 0.865. The number of rotatable bonds is 6. The van der Waals surface area contributed by atoms with E-state index in [-0.39, 0.29) is 0 Å². The van der Waals surface area contributed by atoms with Gasteiger partial charge in [-0.1, -0.05) is 13.0 Å². The topological polar surface area (TPSA) is 30.5 Å². The van der Waals surface area contributed by atoms with Gasteiger partial charge < -0.3 is 14.8 Å². The Morgan fingerprint density at radius 2 is 1.80 bits per heavy atom. The summed E-state index contributed by atoms with van der Waals surface area (Å²) in [5.41, 5.74) is 2.38. The van der Waals surface area contributed by atoms with Crippen LogP contribution in [0.3, 0.4) is 0 Å². The molecule has 2 aliphatic rings. The fourth-order valence-electron chi connectivity index (χ4n) is 3.88. The van der Waals surface area contributed by atoms with E-state index in [2.05, 4.69) is 24.4 Å². The molecule has 3 rings (SSSR count). The Labute approximate surface area is 121 Å². The zero-order valence-corrected chi connectivity index (χ0v) is 12.8. The molecule has 0 saturated heterocycles. The molecule has 3 nitrogen and oxygen atoms in total. The molecule has 20 heavy (non-hydrogen) atoms. The smallest absolute Gasteiger partial charge is 0.161 e. The van der Waals surface area contributed by atoms with E-state index in [1.807, 2.05) is 6.07 Å². The summed E-state index contributed by atoms with van der Waals surface area (Å²) in [6.07, 6.45) is 5.49. The highest BCUT2D eigenvalue weighted by atomic mass is 16.5. The molecule has 0 aromatic heterocycles. The molecule has 2 fully saturated rings. The Balaban J connectivity index is 1.87. The van der Waals surface area contributed by atoms with Gasteiger partial charge in [0, 0.05) is 12.0 Å². The Hall–Kier alpha value is -1.22. The van der Waals surface area contributed by atoms with E-state index in [0.29, 0.717) is 10.8 Å². The van der Waals surface area contributed by atoms with Crippen LogP contribution in [0.2, 0.25) is 0 Å². The van der Waals surface area contributed by atoms with Crippen molar-refractivity contribution in [1.82, 2.24) is 5.32 Å². The van der Waals surface area contributed by atoms with Crippen LogP contribution in [0.5, 0.6) is 11.5 Å². The van der Waals surface area contributed by atoms with Crippen LogP contribution in [-0.2, 0) is 5.41 Å². The molecule has 0 radical (unpaired) electrons. The van der Waals surface area contributed by atoms with Crippen molar-refractivity contribution in [2.24, 2.45) is 5.41 Å². The lowest BCUT2D eigenvalue weighted by molar-refractivity contribution is 0.116. The van der Waals surface area contributed by atoms with Gasteiger partial charge in [0.2, 0.25) is 0 Å². The van der Waals surface area contributed by atoms with Crippen molar-refractivity contribution in [1.29, 1.82) is 0 Å². The normalized spacial score (nSPS) is 21.4. The second kappa shape index (κ2) is 4.96. The van der Waals surface area contributed by atoms with Crippen molar-refractivity contribution in [3.05, 3.63) is 23.8 Å². The summed E-state index contributed by atoms with van der Waals surface area (Å²) in [5.74, 6) is 1.66. The van der Waals surface area contributed by atoms with Gasteiger partial charge in [-0.25, -0.2) is 0 Å². The summed E-state index contributed by atoms with van der Waals surface area (Å²) in [7, 11) is 3.40. The lowest BCUT2D eigenvalue weighted by atomic mass is 9.56. The SMILES string of the molecule is CCNCC1(c2ccc(OC)c(OC)c2)CC2(CC2)C1. The van der Waals surface area contributed by atoms with Gasteiger partial charge in [0.05, 0.1) is 14.2 Å². The Bertz CT molecular complexity index is 486. The summed E-state index contributed by atoms with van der Waals surface area (Å²) in [6, 6.07) is 6.43. The number of methoxy groups -OCH3 is 2. The second-order valence-electron chi connectivity index (χ2n) is 6.48. The van der Waals surface area contributed by atoms with Crippen LogP contribution in [0.25, 0.3) is 0 Å². The van der Waals surface area contributed by atoms with Crippen LogP contribution in [0.15, 0.2) is 18.2 Å². The average molecular weight is 275 g/mol. The monoisotopic (exact) mass is 275 g/mol. The molecule has 0 unspecified atom stereocenters.